The lowest BCUT2D eigenvalue weighted by Gasteiger charge is -2.26. The summed E-state index contributed by atoms with van der Waals surface area (Å²) >= 11 is 6.01. The summed E-state index contributed by atoms with van der Waals surface area (Å²) in [6.45, 7) is 5.45. The van der Waals surface area contributed by atoms with Crippen LogP contribution in [0.5, 0.6) is 11.5 Å². The second-order valence-corrected chi connectivity index (χ2v) is 12.9. The number of fused-ring (bicyclic) bond motifs is 1. The van der Waals surface area contributed by atoms with Crippen molar-refractivity contribution in [2.24, 2.45) is 0 Å². The minimum absolute atomic E-state index is 0.117. The average molecular weight is 762 g/mol. The number of ether oxygens (including phenoxy) is 3. The van der Waals surface area contributed by atoms with Crippen molar-refractivity contribution >= 4 is 52.2 Å². The maximum atomic E-state index is 13.5. The molecule has 4 aromatic rings. The minimum Gasteiger partial charge on any atom is -0.497 e. The monoisotopic (exact) mass is 761 g/mol. The van der Waals surface area contributed by atoms with Crippen molar-refractivity contribution in [3.63, 3.8) is 0 Å². The van der Waals surface area contributed by atoms with Gasteiger partial charge in [0.1, 0.15) is 11.5 Å². The first-order valence-corrected chi connectivity index (χ1v) is 17.8. The second-order valence-electron chi connectivity index (χ2n) is 12.5. The molecule has 1 aromatic heterocycles. The molecule has 286 valence electrons. The molecule has 54 heavy (non-hydrogen) atoms. The van der Waals surface area contributed by atoms with Gasteiger partial charge in [-0.3, -0.25) is 23.9 Å². The van der Waals surface area contributed by atoms with Gasteiger partial charge in [-0.2, -0.15) is 0 Å². The van der Waals surface area contributed by atoms with Crippen molar-refractivity contribution < 1.29 is 48.4 Å². The Kier molecular flexibility index (Phi) is 15.6. The minimum atomic E-state index is -1.26. The number of nitrogens with zero attached hydrogens (tertiary/aromatic N) is 2. The van der Waals surface area contributed by atoms with Crippen LogP contribution in [0.15, 0.2) is 78.9 Å². The number of carboxylic acid groups (broad SMARTS) is 2. The van der Waals surface area contributed by atoms with E-state index in [9.17, 15) is 24.0 Å². The van der Waals surface area contributed by atoms with E-state index in [2.05, 4.69) is 22.3 Å². The summed E-state index contributed by atoms with van der Waals surface area (Å²) in [5.41, 5.74) is 3.55. The normalized spacial score (nSPS) is 12.8. The number of carbonyl (C=O) groups is 5. The molecule has 3 aromatic carbocycles. The van der Waals surface area contributed by atoms with Crippen LogP contribution in [0.2, 0.25) is 5.02 Å². The number of nitrogens with one attached hydrogen (secondary N) is 1. The van der Waals surface area contributed by atoms with E-state index in [-0.39, 0.29) is 12.3 Å². The smallest absolute Gasteiger partial charge is 0.328 e. The molecule has 0 atom stereocenters. The molecule has 0 unspecified atom stereocenters. The maximum absolute atomic E-state index is 13.5. The quantitative estimate of drug-likeness (QED) is 0.0774. The van der Waals surface area contributed by atoms with Gasteiger partial charge < -0.3 is 29.7 Å². The largest absolute Gasteiger partial charge is 0.497 e. The number of rotatable bonds is 15. The summed E-state index contributed by atoms with van der Waals surface area (Å²) in [5, 5.41) is 19.6. The number of hydrogen-bond acceptors (Lipinski definition) is 9. The van der Waals surface area contributed by atoms with Gasteiger partial charge in [0.05, 0.1) is 25.7 Å². The fraction of sp³-hybridized carbons (Fsp3) is 0.325. The molecule has 2 heterocycles. The Morgan fingerprint density at radius 2 is 1.59 bits per heavy atom. The van der Waals surface area contributed by atoms with E-state index in [0.29, 0.717) is 70.2 Å². The molecule has 1 saturated heterocycles. The SMILES string of the molecule is COc1ccc2c(c1)c(CC(=O)OCC(=O)NCCCOc1cccc(CN3CCCCC3)c1)c(C)n2C(=O)c1ccc(Cl)cc1.O=C(O)C=CC(=O)O. The summed E-state index contributed by atoms with van der Waals surface area (Å²) in [5.74, 6) is -2.33. The Balaban J connectivity index is 0.000000730. The third kappa shape index (κ3) is 12.5. The fourth-order valence-corrected chi connectivity index (χ4v) is 6.06. The lowest BCUT2D eigenvalue weighted by molar-refractivity contribution is -0.147. The second kappa shape index (κ2) is 20.5. The topological polar surface area (TPSA) is 174 Å². The molecule has 0 spiro atoms. The van der Waals surface area contributed by atoms with E-state index in [1.807, 2.05) is 12.1 Å². The van der Waals surface area contributed by atoms with Crippen LogP contribution in [0.1, 0.15) is 52.9 Å². The van der Waals surface area contributed by atoms with Crippen LogP contribution in [0.3, 0.4) is 0 Å². The highest BCUT2D eigenvalue weighted by Crippen LogP contribution is 2.31. The molecule has 0 bridgehead atoms. The highest BCUT2D eigenvalue weighted by atomic mass is 35.5. The van der Waals surface area contributed by atoms with Crippen LogP contribution in [0.25, 0.3) is 10.9 Å². The number of amides is 1. The van der Waals surface area contributed by atoms with Crippen LogP contribution in [0.4, 0.5) is 0 Å². The third-order valence-electron chi connectivity index (χ3n) is 8.56. The van der Waals surface area contributed by atoms with Crippen molar-refractivity contribution in [1.82, 2.24) is 14.8 Å². The first-order valence-electron chi connectivity index (χ1n) is 17.4. The molecular weight excluding hydrogens is 718 g/mol. The van der Waals surface area contributed by atoms with Gasteiger partial charge >= 0.3 is 17.9 Å². The highest BCUT2D eigenvalue weighted by molar-refractivity contribution is 6.30. The number of likely N-dealkylation sites (tertiary alicyclic amines) is 1. The van der Waals surface area contributed by atoms with Gasteiger partial charge in [-0.25, -0.2) is 9.59 Å². The van der Waals surface area contributed by atoms with E-state index in [4.69, 9.17) is 36.0 Å². The standard InChI is InChI=1S/C36H40ClN3O6.C4H4O4/c1-25-31(32-21-29(44-2)14-15-33(32)40(25)36(43)27-10-12-28(37)13-11-27)22-35(42)46-24-34(41)38-16-7-19-45-30-9-6-8-26(20-30)23-39-17-4-3-5-18-39;5-3(6)1-2-4(7)8/h6,8-15,20-21H,3-5,7,16-19,22-24H2,1-2H3,(H,38,41);1-2H,(H,5,6)(H,7,8). The van der Waals surface area contributed by atoms with Crippen LogP contribution in [-0.4, -0.2) is 89.4 Å². The van der Waals surface area contributed by atoms with E-state index < -0.39 is 30.4 Å². The number of esters is 1. The highest BCUT2D eigenvalue weighted by Gasteiger charge is 2.23. The van der Waals surface area contributed by atoms with Gasteiger partial charge in [-0.15, -0.1) is 0 Å². The number of benzene rings is 3. The molecule has 13 nitrogen and oxygen atoms in total. The van der Waals surface area contributed by atoms with Gasteiger partial charge in [0.2, 0.25) is 0 Å². The zero-order valence-corrected chi connectivity index (χ0v) is 31.0. The lowest BCUT2D eigenvalue weighted by Crippen LogP contribution is -2.30. The fourth-order valence-electron chi connectivity index (χ4n) is 5.93. The van der Waals surface area contributed by atoms with Crippen molar-refractivity contribution in [3.8, 4) is 11.5 Å². The predicted molar refractivity (Wildman–Crippen MR) is 202 cm³/mol. The van der Waals surface area contributed by atoms with Crippen LogP contribution in [0, 0.1) is 6.92 Å². The zero-order chi connectivity index (χ0) is 39.0. The zero-order valence-electron chi connectivity index (χ0n) is 30.2. The Morgan fingerprint density at radius 3 is 2.26 bits per heavy atom. The molecule has 1 fully saturated rings. The average Bonchev–Trinajstić information content (AvgIpc) is 3.43. The molecule has 14 heteroatoms. The van der Waals surface area contributed by atoms with Crippen LogP contribution < -0.4 is 14.8 Å². The third-order valence-corrected chi connectivity index (χ3v) is 8.81. The van der Waals surface area contributed by atoms with Crippen molar-refractivity contribution in [2.45, 2.75) is 45.6 Å². The number of piperidine rings is 1. The van der Waals surface area contributed by atoms with Gasteiger partial charge in [0.15, 0.2) is 6.61 Å². The number of carbonyl (C=O) groups excluding carboxylic acids is 3. The molecule has 1 aliphatic heterocycles. The van der Waals surface area contributed by atoms with E-state index in [1.165, 1.54) is 24.8 Å². The Bertz CT molecular complexity index is 1950. The lowest BCUT2D eigenvalue weighted by atomic mass is 10.1. The number of aromatic nitrogens is 1. The molecular formula is C40H44ClN3O10. The molecule has 3 N–H and O–H groups in total. The summed E-state index contributed by atoms with van der Waals surface area (Å²) < 4.78 is 18.2. The van der Waals surface area contributed by atoms with Gasteiger partial charge in [-0.05, 0) is 105 Å². The van der Waals surface area contributed by atoms with E-state index in [0.717, 1.165) is 25.4 Å². The Morgan fingerprint density at radius 1 is 0.889 bits per heavy atom. The Hall–Kier alpha value is -5.66. The molecule has 0 radical (unpaired) electrons. The summed E-state index contributed by atoms with van der Waals surface area (Å²) in [6.07, 6.45) is 5.44. The van der Waals surface area contributed by atoms with Gasteiger partial charge in [-0.1, -0.05) is 30.2 Å². The maximum Gasteiger partial charge on any atom is 0.328 e. The van der Waals surface area contributed by atoms with Gasteiger partial charge in [0.25, 0.3) is 11.8 Å². The number of aliphatic carboxylic acids is 2. The van der Waals surface area contributed by atoms with Gasteiger partial charge in [0, 0.05) is 46.9 Å². The van der Waals surface area contributed by atoms with Crippen molar-refractivity contribution in [2.75, 3.05) is 40.0 Å². The van der Waals surface area contributed by atoms with E-state index >= 15 is 0 Å². The molecule has 0 saturated carbocycles. The Labute approximate surface area is 318 Å². The van der Waals surface area contributed by atoms with Crippen molar-refractivity contribution in [1.29, 1.82) is 0 Å². The van der Waals surface area contributed by atoms with Crippen molar-refractivity contribution in [3.05, 3.63) is 106 Å². The first-order chi connectivity index (χ1) is 25.9. The number of halogens is 1. The van der Waals surface area contributed by atoms with E-state index in [1.54, 1.807) is 61.1 Å². The number of carboxylic acids is 2. The number of methoxy groups -OCH3 is 1. The van der Waals surface area contributed by atoms with Crippen LogP contribution in [-0.2, 0) is 36.9 Å². The van der Waals surface area contributed by atoms with Crippen LogP contribution >= 0.6 is 11.6 Å². The molecule has 0 aliphatic carbocycles. The summed E-state index contributed by atoms with van der Waals surface area (Å²) in [6, 6.07) is 20.1. The summed E-state index contributed by atoms with van der Waals surface area (Å²) in [7, 11) is 1.55. The summed E-state index contributed by atoms with van der Waals surface area (Å²) in [4.78, 5) is 60.3. The first kappa shape index (κ1) is 41.1. The number of hydrogen-bond donors (Lipinski definition) is 3. The predicted octanol–water partition coefficient (Wildman–Crippen LogP) is 5.67. The molecule has 1 amide bonds. The molecule has 5 rings (SSSR count). The molecule has 1 aliphatic rings.